The lowest BCUT2D eigenvalue weighted by molar-refractivity contribution is 0.442. The number of rotatable bonds is 3. The van der Waals surface area contributed by atoms with E-state index in [0.717, 1.165) is 4.31 Å². The lowest BCUT2D eigenvalue weighted by Crippen LogP contribution is -2.33. The molecule has 1 unspecified atom stereocenters. The Balaban J connectivity index is 3.05. The van der Waals surface area contributed by atoms with E-state index >= 15 is 0 Å². The molecule has 0 fully saturated rings. The average molecular weight is 214 g/mol. The van der Waals surface area contributed by atoms with E-state index in [1.807, 2.05) is 6.07 Å². The van der Waals surface area contributed by atoms with Crippen LogP contribution in [0.2, 0.25) is 0 Å². The minimum absolute atomic E-state index is 0.0575. The number of aromatic amines is 1. The smallest absolute Gasteiger partial charge is 0.247 e. The van der Waals surface area contributed by atoms with E-state index in [1.165, 1.54) is 26.4 Å². The van der Waals surface area contributed by atoms with Gasteiger partial charge >= 0.3 is 0 Å². The molecular weight excluding hydrogens is 204 g/mol. The molecule has 0 saturated carbocycles. The molecule has 1 atom stereocenters. The van der Waals surface area contributed by atoms with Gasteiger partial charge in [0.15, 0.2) is 0 Å². The number of sulfonamides is 1. The normalized spacial score (nSPS) is 13.9. The van der Waals surface area contributed by atoms with Gasteiger partial charge in [0.05, 0.1) is 12.3 Å². The van der Waals surface area contributed by atoms with Gasteiger partial charge in [0.25, 0.3) is 0 Å². The summed E-state index contributed by atoms with van der Waals surface area (Å²) in [6, 6.07) is 1.15. The van der Waals surface area contributed by atoms with Gasteiger partial charge in [-0.2, -0.15) is 14.7 Å². The van der Waals surface area contributed by atoms with Crippen LogP contribution >= 0.6 is 0 Å². The first-order chi connectivity index (χ1) is 6.50. The molecule has 76 valence electrons. The predicted octanol–water partition coefficient (Wildman–Crippen LogP) is -0.0577. The highest BCUT2D eigenvalue weighted by molar-refractivity contribution is 7.89. The molecule has 0 spiro atoms. The second-order valence-electron chi connectivity index (χ2n) is 2.76. The first-order valence-corrected chi connectivity index (χ1v) is 5.30. The number of hydrogen-bond acceptors (Lipinski definition) is 4. The molecule has 0 aliphatic heterocycles. The Morgan fingerprint density at radius 2 is 2.36 bits per heavy atom. The highest BCUT2D eigenvalue weighted by Gasteiger charge is 2.25. The van der Waals surface area contributed by atoms with E-state index < -0.39 is 16.1 Å². The van der Waals surface area contributed by atoms with E-state index in [2.05, 4.69) is 10.2 Å². The Morgan fingerprint density at radius 1 is 1.71 bits per heavy atom. The maximum Gasteiger partial charge on any atom is 0.247 e. The van der Waals surface area contributed by atoms with Crippen molar-refractivity contribution in [2.45, 2.75) is 17.9 Å². The molecule has 1 aromatic rings. The van der Waals surface area contributed by atoms with Crippen LogP contribution in [0.1, 0.15) is 6.92 Å². The zero-order valence-electron chi connectivity index (χ0n) is 7.80. The fourth-order valence-corrected chi connectivity index (χ4v) is 2.02. The summed E-state index contributed by atoms with van der Waals surface area (Å²) in [4.78, 5) is 0.0575. The van der Waals surface area contributed by atoms with Crippen molar-refractivity contribution >= 4 is 10.0 Å². The topological polar surface area (TPSA) is 89.8 Å². The predicted molar refractivity (Wildman–Crippen MR) is 48.6 cm³/mol. The Morgan fingerprint density at radius 3 is 2.79 bits per heavy atom. The van der Waals surface area contributed by atoms with Crippen LogP contribution in [0, 0.1) is 11.3 Å². The number of aromatic nitrogens is 2. The van der Waals surface area contributed by atoms with Crippen LogP contribution in [0.5, 0.6) is 0 Å². The standard InChI is InChI=1S/C7H10N4O2S/c1-6(3-8)11(2)14(12,13)7-4-9-10-5-7/h4-6H,1-2H3,(H,9,10). The highest BCUT2D eigenvalue weighted by Crippen LogP contribution is 2.13. The van der Waals surface area contributed by atoms with Crippen molar-refractivity contribution in [2.24, 2.45) is 0 Å². The summed E-state index contributed by atoms with van der Waals surface area (Å²) in [5, 5.41) is 14.5. The van der Waals surface area contributed by atoms with Crippen LogP contribution in [-0.2, 0) is 10.0 Å². The summed E-state index contributed by atoms with van der Waals surface area (Å²) < 4.78 is 24.4. The molecule has 1 rings (SSSR count). The summed E-state index contributed by atoms with van der Waals surface area (Å²) in [7, 11) is -2.23. The van der Waals surface area contributed by atoms with Crippen LogP contribution in [0.3, 0.4) is 0 Å². The summed E-state index contributed by atoms with van der Waals surface area (Å²) >= 11 is 0. The van der Waals surface area contributed by atoms with Crippen molar-refractivity contribution < 1.29 is 8.42 Å². The zero-order valence-corrected chi connectivity index (χ0v) is 8.61. The van der Waals surface area contributed by atoms with E-state index in [1.54, 1.807) is 0 Å². The van der Waals surface area contributed by atoms with Crippen molar-refractivity contribution in [1.82, 2.24) is 14.5 Å². The van der Waals surface area contributed by atoms with Gasteiger partial charge in [-0.3, -0.25) is 5.10 Å². The maximum absolute atomic E-state index is 11.7. The molecular formula is C7H10N4O2S. The van der Waals surface area contributed by atoms with Crippen molar-refractivity contribution in [3.05, 3.63) is 12.4 Å². The molecule has 1 heterocycles. The summed E-state index contributed by atoms with van der Waals surface area (Å²) in [5.41, 5.74) is 0. The number of nitriles is 1. The fraction of sp³-hybridized carbons (Fsp3) is 0.429. The van der Waals surface area contributed by atoms with Gasteiger partial charge in [0.2, 0.25) is 10.0 Å². The third kappa shape index (κ3) is 1.76. The lowest BCUT2D eigenvalue weighted by Gasteiger charge is -2.17. The Kier molecular flexibility index (Phi) is 2.88. The molecule has 7 heteroatoms. The molecule has 1 aromatic heterocycles. The molecule has 0 bridgehead atoms. The zero-order chi connectivity index (χ0) is 10.8. The second kappa shape index (κ2) is 3.77. The molecule has 6 nitrogen and oxygen atoms in total. The average Bonchev–Trinajstić information content (AvgIpc) is 2.68. The third-order valence-electron chi connectivity index (χ3n) is 1.88. The monoisotopic (exact) mass is 214 g/mol. The summed E-state index contributed by atoms with van der Waals surface area (Å²) in [6.07, 6.45) is 2.48. The van der Waals surface area contributed by atoms with Crippen molar-refractivity contribution in [2.75, 3.05) is 7.05 Å². The number of hydrogen-bond donors (Lipinski definition) is 1. The maximum atomic E-state index is 11.7. The minimum Gasteiger partial charge on any atom is -0.284 e. The van der Waals surface area contributed by atoms with Gasteiger partial charge in [-0.15, -0.1) is 0 Å². The summed E-state index contributed by atoms with van der Waals surface area (Å²) in [6.45, 7) is 1.51. The van der Waals surface area contributed by atoms with Crippen molar-refractivity contribution in [1.29, 1.82) is 5.26 Å². The van der Waals surface area contributed by atoms with Crippen LogP contribution in [0.4, 0.5) is 0 Å². The second-order valence-corrected chi connectivity index (χ2v) is 4.76. The Bertz CT molecular complexity index is 431. The molecule has 0 radical (unpaired) electrons. The van der Waals surface area contributed by atoms with Crippen molar-refractivity contribution in [3.63, 3.8) is 0 Å². The van der Waals surface area contributed by atoms with Gasteiger partial charge in [0.1, 0.15) is 10.9 Å². The van der Waals surface area contributed by atoms with Gasteiger partial charge in [-0.25, -0.2) is 8.42 Å². The lowest BCUT2D eigenvalue weighted by atomic mass is 10.4. The van der Waals surface area contributed by atoms with Crippen LogP contribution in [0.25, 0.3) is 0 Å². The number of nitrogens with one attached hydrogen (secondary N) is 1. The van der Waals surface area contributed by atoms with Crippen LogP contribution in [-0.4, -0.2) is 36.0 Å². The number of H-pyrrole nitrogens is 1. The van der Waals surface area contributed by atoms with E-state index in [4.69, 9.17) is 5.26 Å². The largest absolute Gasteiger partial charge is 0.284 e. The van der Waals surface area contributed by atoms with Crippen LogP contribution in [0.15, 0.2) is 17.3 Å². The molecule has 0 saturated heterocycles. The van der Waals surface area contributed by atoms with E-state index in [-0.39, 0.29) is 4.90 Å². The van der Waals surface area contributed by atoms with Gasteiger partial charge in [0, 0.05) is 13.2 Å². The molecule has 0 aromatic carbocycles. The number of nitrogens with zero attached hydrogens (tertiary/aromatic N) is 3. The first kappa shape index (κ1) is 10.7. The molecule has 0 amide bonds. The summed E-state index contributed by atoms with van der Waals surface area (Å²) in [5.74, 6) is 0. The first-order valence-electron chi connectivity index (χ1n) is 3.86. The van der Waals surface area contributed by atoms with Gasteiger partial charge in [-0.05, 0) is 6.92 Å². The Labute approximate surface area is 82.2 Å². The van der Waals surface area contributed by atoms with Crippen LogP contribution < -0.4 is 0 Å². The van der Waals surface area contributed by atoms with Crippen molar-refractivity contribution in [3.8, 4) is 6.07 Å². The SMILES string of the molecule is CC(C#N)N(C)S(=O)(=O)c1cn[nH]c1. The van der Waals surface area contributed by atoms with E-state index in [0.29, 0.717) is 0 Å². The molecule has 0 aliphatic rings. The third-order valence-corrected chi connectivity index (χ3v) is 3.78. The van der Waals surface area contributed by atoms with E-state index in [9.17, 15) is 8.42 Å². The molecule has 0 aliphatic carbocycles. The minimum atomic E-state index is -3.59. The van der Waals surface area contributed by atoms with Gasteiger partial charge in [-0.1, -0.05) is 0 Å². The fourth-order valence-electron chi connectivity index (χ4n) is 0.836. The highest BCUT2D eigenvalue weighted by atomic mass is 32.2. The quantitative estimate of drug-likeness (QED) is 0.763. The Hall–Kier alpha value is -1.39. The molecule has 1 N–H and O–H groups in total. The van der Waals surface area contributed by atoms with Gasteiger partial charge < -0.3 is 0 Å². The molecule has 14 heavy (non-hydrogen) atoms.